The van der Waals surface area contributed by atoms with E-state index in [2.05, 4.69) is 41.5 Å². The van der Waals surface area contributed by atoms with Crippen molar-refractivity contribution in [1.29, 1.82) is 0 Å². The lowest BCUT2D eigenvalue weighted by Crippen LogP contribution is -2.30. The van der Waals surface area contributed by atoms with Crippen LogP contribution in [0.15, 0.2) is 0 Å². The van der Waals surface area contributed by atoms with E-state index < -0.39 is 97.5 Å². The maximum Gasteiger partial charge on any atom is 0.472 e. The van der Waals surface area contributed by atoms with Crippen molar-refractivity contribution in [2.45, 2.75) is 394 Å². The first kappa shape index (κ1) is 90.1. The van der Waals surface area contributed by atoms with E-state index in [0.717, 1.165) is 108 Å². The predicted molar refractivity (Wildman–Crippen MR) is 372 cm³/mol. The molecule has 0 bridgehead atoms. The Morgan fingerprint density at radius 1 is 0.304 bits per heavy atom. The zero-order valence-corrected chi connectivity index (χ0v) is 61.6. The van der Waals surface area contributed by atoms with Gasteiger partial charge in [-0.05, 0) is 37.5 Å². The van der Waals surface area contributed by atoms with Gasteiger partial charge >= 0.3 is 39.5 Å². The third-order valence-electron chi connectivity index (χ3n) is 17.7. The number of hydrogen-bond donors (Lipinski definition) is 3. The van der Waals surface area contributed by atoms with Crippen molar-refractivity contribution in [2.24, 2.45) is 11.8 Å². The fourth-order valence-electron chi connectivity index (χ4n) is 11.1. The molecule has 4 unspecified atom stereocenters. The summed E-state index contributed by atoms with van der Waals surface area (Å²) in [6.45, 7) is 9.60. The van der Waals surface area contributed by atoms with Crippen LogP contribution in [0.5, 0.6) is 0 Å². The lowest BCUT2D eigenvalue weighted by atomic mass is 9.99. The monoisotopic (exact) mass is 1350 g/mol. The lowest BCUT2D eigenvalue weighted by molar-refractivity contribution is -0.161. The van der Waals surface area contributed by atoms with Crippen LogP contribution in [-0.2, 0) is 65.4 Å². The number of hydrogen-bond acceptors (Lipinski definition) is 15. The van der Waals surface area contributed by atoms with E-state index in [4.69, 9.17) is 37.0 Å². The second-order valence-corrected chi connectivity index (χ2v) is 29.7. The molecule has 0 radical (unpaired) electrons. The predicted octanol–water partition coefficient (Wildman–Crippen LogP) is 21.2. The van der Waals surface area contributed by atoms with Gasteiger partial charge in [0.2, 0.25) is 0 Å². The van der Waals surface area contributed by atoms with Gasteiger partial charge in [0.1, 0.15) is 19.3 Å². The molecular weight excluding hydrogens is 1210 g/mol. The van der Waals surface area contributed by atoms with Crippen LogP contribution in [0.2, 0.25) is 0 Å². The SMILES string of the molecule is CCCCCCCCCCCCCCCCCCC(=O)O[C@H](COC(=O)CCCCCCCCCCCCC(C)CC)COP(=O)(O)OC[C@@H](O)COP(=O)(O)OC[C@@H](COC(=O)CCCCCCCCCC)OC(=O)CCCCCCCCCCCCC(C)CC. The highest BCUT2D eigenvalue weighted by atomic mass is 31.2. The van der Waals surface area contributed by atoms with Gasteiger partial charge in [-0.3, -0.25) is 37.3 Å². The summed E-state index contributed by atoms with van der Waals surface area (Å²) in [6, 6.07) is 0. The molecule has 7 atom stereocenters. The molecule has 0 spiro atoms. The molecule has 0 amide bonds. The number of unbranched alkanes of at least 4 members (excludes halogenated alkanes) is 40. The van der Waals surface area contributed by atoms with Crippen molar-refractivity contribution in [2.75, 3.05) is 39.6 Å². The van der Waals surface area contributed by atoms with Crippen molar-refractivity contribution < 1.29 is 80.2 Å². The highest BCUT2D eigenvalue weighted by Crippen LogP contribution is 2.45. The zero-order chi connectivity index (χ0) is 67.9. The van der Waals surface area contributed by atoms with Gasteiger partial charge in [-0.25, -0.2) is 9.13 Å². The van der Waals surface area contributed by atoms with Gasteiger partial charge < -0.3 is 33.8 Å². The van der Waals surface area contributed by atoms with Gasteiger partial charge in [0.05, 0.1) is 26.4 Å². The Morgan fingerprint density at radius 2 is 0.522 bits per heavy atom. The lowest BCUT2D eigenvalue weighted by Gasteiger charge is -2.21. The number of ether oxygens (including phenoxy) is 4. The van der Waals surface area contributed by atoms with Crippen LogP contribution >= 0.6 is 15.6 Å². The van der Waals surface area contributed by atoms with E-state index in [9.17, 15) is 43.2 Å². The fourth-order valence-corrected chi connectivity index (χ4v) is 12.6. The first-order valence-corrected chi connectivity index (χ1v) is 41.1. The Bertz CT molecular complexity index is 1790. The van der Waals surface area contributed by atoms with E-state index in [1.165, 1.54) is 186 Å². The summed E-state index contributed by atoms with van der Waals surface area (Å²) < 4.78 is 68.4. The minimum atomic E-state index is -4.95. The van der Waals surface area contributed by atoms with Crippen molar-refractivity contribution >= 4 is 39.5 Å². The van der Waals surface area contributed by atoms with Crippen molar-refractivity contribution in [3.05, 3.63) is 0 Å². The normalized spacial score (nSPS) is 14.7. The molecule has 546 valence electrons. The highest BCUT2D eigenvalue weighted by molar-refractivity contribution is 7.47. The molecule has 0 fully saturated rings. The smallest absolute Gasteiger partial charge is 0.462 e. The molecule has 0 saturated heterocycles. The van der Waals surface area contributed by atoms with E-state index in [1.54, 1.807) is 0 Å². The van der Waals surface area contributed by atoms with Crippen molar-refractivity contribution in [1.82, 2.24) is 0 Å². The summed E-state index contributed by atoms with van der Waals surface area (Å²) >= 11 is 0. The summed E-state index contributed by atoms with van der Waals surface area (Å²) in [5.41, 5.74) is 0. The van der Waals surface area contributed by atoms with Crippen LogP contribution in [0.3, 0.4) is 0 Å². The molecule has 0 aromatic carbocycles. The maximum atomic E-state index is 13.1. The summed E-state index contributed by atoms with van der Waals surface area (Å²) in [6.07, 6.45) is 51.2. The maximum absolute atomic E-state index is 13.1. The molecule has 0 aromatic heterocycles. The van der Waals surface area contributed by atoms with Crippen LogP contribution in [0, 0.1) is 11.8 Å². The van der Waals surface area contributed by atoms with Crippen molar-refractivity contribution in [3.63, 3.8) is 0 Å². The molecule has 3 N–H and O–H groups in total. The van der Waals surface area contributed by atoms with Gasteiger partial charge in [0.15, 0.2) is 12.2 Å². The number of carbonyl (C=O) groups excluding carboxylic acids is 4. The van der Waals surface area contributed by atoms with Gasteiger partial charge in [0.25, 0.3) is 0 Å². The van der Waals surface area contributed by atoms with Crippen LogP contribution in [0.4, 0.5) is 0 Å². The van der Waals surface area contributed by atoms with Gasteiger partial charge in [-0.15, -0.1) is 0 Å². The topological polar surface area (TPSA) is 237 Å². The average molecular weight is 1350 g/mol. The number of rotatable bonds is 72. The standard InChI is InChI=1S/C73H142O17P2/c1-7-11-13-15-17-19-20-21-22-23-24-25-33-39-45-51-57-72(77)90-69(62-84-71(76)56-50-44-38-32-28-26-30-35-41-47-53-65(5)9-3)64-88-92(81,82)86-60-67(74)59-85-91(79,80)87-63-68(61-83-70(75)55-49-43-37-18-16-14-12-8-2)89-73(78)58-52-46-40-34-29-27-31-36-42-48-54-66(6)10-4/h65-69,74H,7-64H2,1-6H3,(H,79,80)(H,81,82)/t65?,66?,67-,68+,69+/m0/s1. The second-order valence-electron chi connectivity index (χ2n) is 26.8. The number of phosphoric acid groups is 2. The summed E-state index contributed by atoms with van der Waals surface area (Å²) in [7, 11) is -9.90. The van der Waals surface area contributed by atoms with Crippen LogP contribution in [-0.4, -0.2) is 96.7 Å². The molecule has 19 heteroatoms. The number of aliphatic hydroxyl groups excluding tert-OH is 1. The second kappa shape index (κ2) is 65.0. The Balaban J connectivity index is 5.23. The number of carbonyl (C=O) groups is 4. The minimum absolute atomic E-state index is 0.106. The van der Waals surface area contributed by atoms with E-state index in [1.807, 2.05) is 0 Å². The largest absolute Gasteiger partial charge is 0.472 e. The van der Waals surface area contributed by atoms with Crippen LogP contribution in [0.25, 0.3) is 0 Å². The minimum Gasteiger partial charge on any atom is -0.462 e. The van der Waals surface area contributed by atoms with E-state index in [0.29, 0.717) is 25.7 Å². The molecule has 17 nitrogen and oxygen atoms in total. The van der Waals surface area contributed by atoms with E-state index >= 15 is 0 Å². The number of phosphoric ester groups is 2. The first-order chi connectivity index (χ1) is 44.4. The molecule has 0 aliphatic carbocycles. The first-order valence-electron chi connectivity index (χ1n) is 38.1. The molecule has 0 saturated carbocycles. The van der Waals surface area contributed by atoms with Gasteiger partial charge in [0, 0.05) is 25.7 Å². The fraction of sp³-hybridized carbons (Fsp3) is 0.945. The molecule has 0 aromatic rings. The van der Waals surface area contributed by atoms with Crippen LogP contribution in [0.1, 0.15) is 375 Å². The van der Waals surface area contributed by atoms with Crippen molar-refractivity contribution in [3.8, 4) is 0 Å². The Kier molecular flexibility index (Phi) is 63.7. The van der Waals surface area contributed by atoms with E-state index in [-0.39, 0.29) is 25.7 Å². The molecule has 92 heavy (non-hydrogen) atoms. The third-order valence-corrected chi connectivity index (χ3v) is 19.6. The number of esters is 4. The van der Waals surface area contributed by atoms with Crippen LogP contribution < -0.4 is 0 Å². The zero-order valence-electron chi connectivity index (χ0n) is 59.9. The molecule has 0 aliphatic rings. The Labute approximate surface area is 562 Å². The summed E-state index contributed by atoms with van der Waals surface area (Å²) in [5, 5.41) is 10.6. The molecule has 0 heterocycles. The summed E-state index contributed by atoms with van der Waals surface area (Å²) in [5.74, 6) is -0.508. The average Bonchev–Trinajstić information content (AvgIpc) is 3.28. The Morgan fingerprint density at radius 3 is 0.772 bits per heavy atom. The van der Waals surface area contributed by atoms with Gasteiger partial charge in [-0.1, -0.05) is 324 Å². The van der Waals surface area contributed by atoms with Gasteiger partial charge in [-0.2, -0.15) is 0 Å². The molecular formula is C73H142O17P2. The summed E-state index contributed by atoms with van der Waals surface area (Å²) in [4.78, 5) is 72.6. The Hall–Kier alpha value is -1.94. The quantitative estimate of drug-likeness (QED) is 0.0222. The highest BCUT2D eigenvalue weighted by Gasteiger charge is 2.30. The number of aliphatic hydroxyl groups is 1. The molecule has 0 rings (SSSR count). The molecule has 0 aliphatic heterocycles. The third kappa shape index (κ3) is 64.1.